The van der Waals surface area contributed by atoms with Crippen molar-refractivity contribution in [2.75, 3.05) is 0 Å². The zero-order valence-electron chi connectivity index (χ0n) is 16.2. The number of nitrogens with zero attached hydrogens (tertiary/aromatic N) is 1. The van der Waals surface area contributed by atoms with Crippen LogP contribution in [0.15, 0.2) is 53.4 Å². The number of amides is 1. The maximum absolute atomic E-state index is 13.3. The van der Waals surface area contributed by atoms with Crippen molar-refractivity contribution < 1.29 is 17.6 Å². The average Bonchev–Trinajstić information content (AvgIpc) is 2.74. The van der Waals surface area contributed by atoms with E-state index in [4.69, 9.17) is 0 Å². The van der Waals surface area contributed by atoms with Gasteiger partial charge in [-0.2, -0.15) is 4.31 Å². The molecule has 5 nitrogen and oxygen atoms in total. The first-order chi connectivity index (χ1) is 13.9. The Balaban J connectivity index is 1.66. The molecule has 2 aromatic rings. The number of rotatable bonds is 4. The van der Waals surface area contributed by atoms with E-state index in [9.17, 15) is 17.6 Å². The van der Waals surface area contributed by atoms with Crippen molar-refractivity contribution in [3.05, 3.63) is 65.5 Å². The predicted octanol–water partition coefficient (Wildman–Crippen LogP) is 3.39. The maximum atomic E-state index is 13.3. The van der Waals surface area contributed by atoms with E-state index < -0.39 is 21.9 Å². The van der Waals surface area contributed by atoms with Gasteiger partial charge in [0.2, 0.25) is 15.9 Å². The first-order valence-corrected chi connectivity index (χ1v) is 11.5. The first-order valence-electron chi connectivity index (χ1n) is 10.1. The van der Waals surface area contributed by atoms with Crippen molar-refractivity contribution in [1.82, 2.24) is 9.62 Å². The second kappa shape index (κ2) is 8.24. The minimum atomic E-state index is -3.95. The molecule has 1 aliphatic carbocycles. The molecule has 1 amide bonds. The van der Waals surface area contributed by atoms with Crippen LogP contribution in [0.1, 0.15) is 43.2 Å². The lowest BCUT2D eigenvalue weighted by atomic mass is 9.93. The summed E-state index contributed by atoms with van der Waals surface area (Å²) in [5, 5.41) is 3.08. The molecule has 2 aliphatic rings. The van der Waals surface area contributed by atoms with Gasteiger partial charge in [-0.25, -0.2) is 12.8 Å². The molecular formula is C22H25FN2O3S. The fraction of sp³-hybridized carbons (Fsp3) is 0.409. The van der Waals surface area contributed by atoms with Crippen LogP contribution in [-0.4, -0.2) is 30.7 Å². The van der Waals surface area contributed by atoms with E-state index in [1.807, 2.05) is 24.3 Å². The Bertz CT molecular complexity index is 985. The minimum Gasteiger partial charge on any atom is -0.352 e. The summed E-state index contributed by atoms with van der Waals surface area (Å²) >= 11 is 0. The van der Waals surface area contributed by atoms with E-state index in [0.29, 0.717) is 6.42 Å². The van der Waals surface area contributed by atoms with Gasteiger partial charge in [-0.05, 0) is 54.7 Å². The summed E-state index contributed by atoms with van der Waals surface area (Å²) in [6.45, 7) is 0.124. The number of hydrogen-bond donors (Lipinski definition) is 1. The molecule has 29 heavy (non-hydrogen) atoms. The molecule has 1 fully saturated rings. The highest BCUT2D eigenvalue weighted by molar-refractivity contribution is 7.89. The Kier molecular flexibility index (Phi) is 5.69. The second-order valence-electron chi connectivity index (χ2n) is 7.84. The van der Waals surface area contributed by atoms with Crippen LogP contribution in [0.3, 0.4) is 0 Å². The Morgan fingerprint density at radius 1 is 0.966 bits per heavy atom. The standard InChI is InChI=1S/C22H25FN2O3S/c23-18-10-12-20(13-11-18)29(27,28)25-15-17-7-5-4-6-16(17)14-21(25)22(26)24-19-8-2-1-3-9-19/h4-7,10-13,19,21H,1-3,8-9,14-15H2,(H,24,26)/t21-/m1/s1. The molecule has 0 aromatic heterocycles. The van der Waals surface area contributed by atoms with Crippen LogP contribution in [0.5, 0.6) is 0 Å². The van der Waals surface area contributed by atoms with Crippen LogP contribution in [0, 0.1) is 5.82 Å². The van der Waals surface area contributed by atoms with Gasteiger partial charge in [0.05, 0.1) is 4.90 Å². The second-order valence-corrected chi connectivity index (χ2v) is 9.73. The highest BCUT2D eigenvalue weighted by Gasteiger charge is 2.40. The molecule has 4 rings (SSSR count). The number of fused-ring (bicyclic) bond motifs is 1. The van der Waals surface area contributed by atoms with Crippen LogP contribution in [0.4, 0.5) is 4.39 Å². The summed E-state index contributed by atoms with van der Waals surface area (Å²) in [6.07, 6.45) is 5.52. The van der Waals surface area contributed by atoms with Crippen LogP contribution in [0.25, 0.3) is 0 Å². The van der Waals surface area contributed by atoms with Crippen LogP contribution < -0.4 is 5.32 Å². The lowest BCUT2D eigenvalue weighted by Gasteiger charge is -2.36. The fourth-order valence-electron chi connectivity index (χ4n) is 4.26. The molecule has 154 valence electrons. The third-order valence-electron chi connectivity index (χ3n) is 5.88. The van der Waals surface area contributed by atoms with Gasteiger partial charge in [0.15, 0.2) is 0 Å². The Morgan fingerprint density at radius 3 is 2.31 bits per heavy atom. The van der Waals surface area contributed by atoms with Crippen LogP contribution in [-0.2, 0) is 27.8 Å². The summed E-state index contributed by atoms with van der Waals surface area (Å²) in [4.78, 5) is 13.1. The summed E-state index contributed by atoms with van der Waals surface area (Å²) in [6, 6.07) is 11.6. The SMILES string of the molecule is O=C(NC1CCCCC1)[C@H]1Cc2ccccc2CN1S(=O)(=O)c1ccc(F)cc1. The summed E-state index contributed by atoms with van der Waals surface area (Å²) in [7, 11) is -3.95. The molecule has 0 spiro atoms. The number of benzene rings is 2. The zero-order valence-corrected chi connectivity index (χ0v) is 17.0. The van der Waals surface area contributed by atoms with E-state index in [2.05, 4.69) is 5.32 Å². The van der Waals surface area contributed by atoms with E-state index in [0.717, 1.165) is 48.9 Å². The molecular weight excluding hydrogens is 391 g/mol. The number of nitrogens with one attached hydrogen (secondary N) is 1. The van der Waals surface area contributed by atoms with Crippen LogP contribution in [0.2, 0.25) is 0 Å². The molecule has 1 atom stereocenters. The minimum absolute atomic E-state index is 0.00579. The van der Waals surface area contributed by atoms with Crippen molar-refractivity contribution in [2.45, 2.75) is 62.0 Å². The van der Waals surface area contributed by atoms with Gasteiger partial charge in [0.1, 0.15) is 11.9 Å². The third kappa shape index (κ3) is 4.21. The quantitative estimate of drug-likeness (QED) is 0.831. The van der Waals surface area contributed by atoms with Gasteiger partial charge in [0.25, 0.3) is 0 Å². The summed E-state index contributed by atoms with van der Waals surface area (Å²) in [5.41, 5.74) is 1.88. The monoisotopic (exact) mass is 416 g/mol. The molecule has 0 radical (unpaired) electrons. The molecule has 2 aromatic carbocycles. The van der Waals surface area contributed by atoms with E-state index in [1.165, 1.54) is 22.9 Å². The highest BCUT2D eigenvalue weighted by atomic mass is 32.2. The Labute approximate surface area is 171 Å². The lowest BCUT2D eigenvalue weighted by Crippen LogP contribution is -2.54. The topological polar surface area (TPSA) is 66.5 Å². The summed E-state index contributed by atoms with van der Waals surface area (Å²) < 4.78 is 41.2. The number of halogens is 1. The van der Waals surface area contributed by atoms with Gasteiger partial charge in [-0.3, -0.25) is 4.79 Å². The molecule has 1 heterocycles. The van der Waals surface area contributed by atoms with E-state index in [-0.39, 0.29) is 23.4 Å². The Hall–Kier alpha value is -2.25. The largest absolute Gasteiger partial charge is 0.352 e. The van der Waals surface area contributed by atoms with Crippen molar-refractivity contribution >= 4 is 15.9 Å². The van der Waals surface area contributed by atoms with E-state index in [1.54, 1.807) is 0 Å². The van der Waals surface area contributed by atoms with Crippen molar-refractivity contribution in [1.29, 1.82) is 0 Å². The molecule has 7 heteroatoms. The molecule has 0 unspecified atom stereocenters. The third-order valence-corrected chi connectivity index (χ3v) is 7.75. The number of hydrogen-bond acceptors (Lipinski definition) is 3. The predicted molar refractivity (Wildman–Crippen MR) is 108 cm³/mol. The molecule has 0 bridgehead atoms. The molecule has 1 saturated carbocycles. The van der Waals surface area contributed by atoms with Gasteiger partial charge < -0.3 is 5.32 Å². The summed E-state index contributed by atoms with van der Waals surface area (Å²) in [5.74, 6) is -0.753. The van der Waals surface area contributed by atoms with Crippen molar-refractivity contribution in [2.24, 2.45) is 0 Å². The zero-order chi connectivity index (χ0) is 20.4. The molecule has 0 saturated heterocycles. The highest BCUT2D eigenvalue weighted by Crippen LogP contribution is 2.30. The van der Waals surface area contributed by atoms with Gasteiger partial charge in [-0.15, -0.1) is 0 Å². The maximum Gasteiger partial charge on any atom is 0.244 e. The lowest BCUT2D eigenvalue weighted by molar-refractivity contribution is -0.126. The molecule has 1 N–H and O–H groups in total. The van der Waals surface area contributed by atoms with Gasteiger partial charge >= 0.3 is 0 Å². The first kappa shape index (κ1) is 20.0. The van der Waals surface area contributed by atoms with Gasteiger partial charge in [0, 0.05) is 12.6 Å². The van der Waals surface area contributed by atoms with Crippen molar-refractivity contribution in [3.63, 3.8) is 0 Å². The number of sulfonamides is 1. The Morgan fingerprint density at radius 2 is 1.62 bits per heavy atom. The van der Waals surface area contributed by atoms with Crippen LogP contribution >= 0.6 is 0 Å². The number of carbonyl (C=O) groups excluding carboxylic acids is 1. The van der Waals surface area contributed by atoms with E-state index >= 15 is 0 Å². The average molecular weight is 417 g/mol. The number of carbonyl (C=O) groups is 1. The normalized spacial score (nSPS) is 20.8. The fourth-order valence-corrected chi connectivity index (χ4v) is 5.83. The smallest absolute Gasteiger partial charge is 0.244 e. The molecule has 1 aliphatic heterocycles. The van der Waals surface area contributed by atoms with Crippen molar-refractivity contribution in [3.8, 4) is 0 Å². The van der Waals surface area contributed by atoms with Gasteiger partial charge in [-0.1, -0.05) is 43.5 Å².